The Labute approximate surface area is 89.4 Å². The van der Waals surface area contributed by atoms with Gasteiger partial charge in [0.05, 0.1) is 12.8 Å². The average molecular weight is 266 g/mol. The fraction of sp³-hybridized carbons (Fsp3) is 0.444. The maximum absolute atomic E-state index is 12.4. The Bertz CT molecular complexity index is 306. The summed E-state index contributed by atoms with van der Waals surface area (Å²) in [7, 11) is 1.45. The molecule has 78 valence electrons. The standard InChI is InChI=1S/C9H10BrF2NO/c1-5-7(4-10)13-6(9(11)12)3-8(5)14-2/h3,9H,4H2,1-2H3. The minimum Gasteiger partial charge on any atom is -0.496 e. The van der Waals surface area contributed by atoms with E-state index in [0.29, 0.717) is 16.8 Å². The van der Waals surface area contributed by atoms with Gasteiger partial charge >= 0.3 is 0 Å². The van der Waals surface area contributed by atoms with Gasteiger partial charge in [-0.05, 0) is 6.92 Å². The highest BCUT2D eigenvalue weighted by Gasteiger charge is 2.14. The molecule has 0 aromatic carbocycles. The predicted molar refractivity (Wildman–Crippen MR) is 53.1 cm³/mol. The molecule has 0 unspecified atom stereocenters. The van der Waals surface area contributed by atoms with Gasteiger partial charge in [0.25, 0.3) is 6.43 Å². The molecule has 0 aliphatic carbocycles. The van der Waals surface area contributed by atoms with Crippen LogP contribution in [0.3, 0.4) is 0 Å². The highest BCUT2D eigenvalue weighted by atomic mass is 79.9. The van der Waals surface area contributed by atoms with E-state index in [-0.39, 0.29) is 5.69 Å². The van der Waals surface area contributed by atoms with E-state index in [1.54, 1.807) is 6.92 Å². The Morgan fingerprint density at radius 1 is 1.57 bits per heavy atom. The maximum atomic E-state index is 12.4. The summed E-state index contributed by atoms with van der Waals surface area (Å²) in [6.07, 6.45) is -2.57. The zero-order valence-electron chi connectivity index (χ0n) is 7.85. The second-order valence-corrected chi connectivity index (χ2v) is 3.32. The molecule has 2 nitrogen and oxygen atoms in total. The van der Waals surface area contributed by atoms with Crippen molar-refractivity contribution >= 4 is 15.9 Å². The fourth-order valence-electron chi connectivity index (χ4n) is 1.11. The van der Waals surface area contributed by atoms with Crippen molar-refractivity contribution < 1.29 is 13.5 Å². The molecule has 0 fully saturated rings. The third-order valence-corrected chi connectivity index (χ3v) is 2.45. The first-order chi connectivity index (χ1) is 6.60. The summed E-state index contributed by atoms with van der Waals surface area (Å²) in [5.74, 6) is 0.449. The van der Waals surface area contributed by atoms with E-state index in [1.165, 1.54) is 13.2 Å². The van der Waals surface area contributed by atoms with Crippen LogP contribution in [0.5, 0.6) is 5.75 Å². The Balaban J connectivity index is 3.25. The SMILES string of the molecule is COc1cc(C(F)F)nc(CBr)c1C. The van der Waals surface area contributed by atoms with Crippen LogP contribution >= 0.6 is 15.9 Å². The van der Waals surface area contributed by atoms with Crippen molar-refractivity contribution in [3.63, 3.8) is 0 Å². The zero-order chi connectivity index (χ0) is 10.7. The summed E-state index contributed by atoms with van der Waals surface area (Å²) in [6.45, 7) is 1.79. The van der Waals surface area contributed by atoms with E-state index in [1.807, 2.05) is 0 Å². The van der Waals surface area contributed by atoms with E-state index in [4.69, 9.17) is 4.74 Å². The smallest absolute Gasteiger partial charge is 0.280 e. The number of ether oxygens (including phenoxy) is 1. The second-order valence-electron chi connectivity index (χ2n) is 2.76. The lowest BCUT2D eigenvalue weighted by atomic mass is 10.2. The lowest BCUT2D eigenvalue weighted by Crippen LogP contribution is -2.00. The first-order valence-electron chi connectivity index (χ1n) is 3.98. The van der Waals surface area contributed by atoms with Gasteiger partial charge in [0, 0.05) is 17.0 Å². The van der Waals surface area contributed by atoms with Gasteiger partial charge in [-0.15, -0.1) is 0 Å². The number of aromatic nitrogens is 1. The number of pyridine rings is 1. The third kappa shape index (κ3) is 2.20. The molecule has 0 N–H and O–H groups in total. The number of methoxy groups -OCH3 is 1. The quantitative estimate of drug-likeness (QED) is 0.783. The molecule has 5 heteroatoms. The van der Waals surface area contributed by atoms with Crippen LogP contribution in [0, 0.1) is 6.92 Å². The van der Waals surface area contributed by atoms with E-state index in [2.05, 4.69) is 20.9 Å². The molecular formula is C9H10BrF2NO. The molecule has 0 atom stereocenters. The van der Waals surface area contributed by atoms with Gasteiger partial charge in [-0.2, -0.15) is 0 Å². The predicted octanol–water partition coefficient (Wildman–Crippen LogP) is 3.23. The van der Waals surface area contributed by atoms with Gasteiger partial charge in [0.1, 0.15) is 11.4 Å². The number of hydrogen-bond donors (Lipinski definition) is 0. The fourth-order valence-corrected chi connectivity index (χ4v) is 1.66. The second kappa shape index (κ2) is 4.68. The number of hydrogen-bond acceptors (Lipinski definition) is 2. The van der Waals surface area contributed by atoms with Crippen LogP contribution in [0.2, 0.25) is 0 Å². The first kappa shape index (κ1) is 11.4. The monoisotopic (exact) mass is 265 g/mol. The number of rotatable bonds is 3. The molecule has 1 heterocycles. The van der Waals surface area contributed by atoms with E-state index >= 15 is 0 Å². The van der Waals surface area contributed by atoms with Gasteiger partial charge < -0.3 is 4.74 Å². The number of alkyl halides is 3. The van der Waals surface area contributed by atoms with Crippen molar-refractivity contribution in [2.75, 3.05) is 7.11 Å². The Morgan fingerprint density at radius 3 is 2.64 bits per heavy atom. The van der Waals surface area contributed by atoms with Crippen LogP contribution in [0.1, 0.15) is 23.4 Å². The molecule has 0 saturated heterocycles. The average Bonchev–Trinajstić information content (AvgIpc) is 2.17. The molecule has 0 bridgehead atoms. The van der Waals surface area contributed by atoms with Crippen LogP contribution in [-0.2, 0) is 5.33 Å². The first-order valence-corrected chi connectivity index (χ1v) is 5.10. The zero-order valence-corrected chi connectivity index (χ0v) is 9.44. The summed E-state index contributed by atoms with van der Waals surface area (Å²) in [6, 6.07) is 1.27. The number of nitrogens with zero attached hydrogens (tertiary/aromatic N) is 1. The van der Waals surface area contributed by atoms with Crippen molar-refractivity contribution in [2.45, 2.75) is 18.7 Å². The van der Waals surface area contributed by atoms with Gasteiger partial charge in [0.2, 0.25) is 0 Å². The summed E-state index contributed by atoms with van der Waals surface area (Å²) >= 11 is 3.19. The highest BCUT2D eigenvalue weighted by Crippen LogP contribution is 2.27. The molecule has 0 amide bonds. The Kier molecular flexibility index (Phi) is 3.80. The molecule has 1 aromatic rings. The summed E-state index contributed by atoms with van der Waals surface area (Å²) in [5, 5.41) is 0.440. The van der Waals surface area contributed by atoms with Crippen LogP contribution in [0.25, 0.3) is 0 Å². The molecule has 1 rings (SSSR count). The van der Waals surface area contributed by atoms with E-state index in [0.717, 1.165) is 5.56 Å². The summed E-state index contributed by atoms with van der Waals surface area (Å²) < 4.78 is 29.8. The molecule has 0 saturated carbocycles. The van der Waals surface area contributed by atoms with Crippen molar-refractivity contribution in [3.05, 3.63) is 23.0 Å². The minimum absolute atomic E-state index is 0.248. The molecular weight excluding hydrogens is 256 g/mol. The van der Waals surface area contributed by atoms with Crippen molar-refractivity contribution in [3.8, 4) is 5.75 Å². The van der Waals surface area contributed by atoms with Crippen LogP contribution in [0.4, 0.5) is 8.78 Å². The normalized spacial score (nSPS) is 10.7. The largest absolute Gasteiger partial charge is 0.496 e. The molecule has 0 radical (unpaired) electrons. The lowest BCUT2D eigenvalue weighted by molar-refractivity contribution is 0.145. The van der Waals surface area contributed by atoms with Gasteiger partial charge in [-0.3, -0.25) is 4.98 Å². The Morgan fingerprint density at radius 2 is 2.21 bits per heavy atom. The van der Waals surface area contributed by atoms with Crippen LogP contribution in [-0.4, -0.2) is 12.1 Å². The van der Waals surface area contributed by atoms with Crippen molar-refractivity contribution in [1.82, 2.24) is 4.98 Å². The maximum Gasteiger partial charge on any atom is 0.280 e. The Hall–Kier alpha value is -0.710. The van der Waals surface area contributed by atoms with Crippen LogP contribution < -0.4 is 4.74 Å². The van der Waals surface area contributed by atoms with Gasteiger partial charge in [-0.25, -0.2) is 8.78 Å². The highest BCUT2D eigenvalue weighted by molar-refractivity contribution is 9.08. The molecule has 1 aromatic heterocycles. The van der Waals surface area contributed by atoms with E-state index < -0.39 is 6.43 Å². The lowest BCUT2D eigenvalue weighted by Gasteiger charge is -2.10. The van der Waals surface area contributed by atoms with Crippen molar-refractivity contribution in [2.24, 2.45) is 0 Å². The minimum atomic E-state index is -2.57. The van der Waals surface area contributed by atoms with Gasteiger partial charge in [-0.1, -0.05) is 15.9 Å². The molecule has 0 aliphatic rings. The summed E-state index contributed by atoms with van der Waals surface area (Å²) in [4.78, 5) is 3.82. The number of halogens is 3. The van der Waals surface area contributed by atoms with Crippen LogP contribution in [0.15, 0.2) is 6.07 Å². The summed E-state index contributed by atoms with van der Waals surface area (Å²) in [5.41, 5.74) is 1.12. The molecule has 0 aliphatic heterocycles. The van der Waals surface area contributed by atoms with Gasteiger partial charge in [0.15, 0.2) is 0 Å². The topological polar surface area (TPSA) is 22.1 Å². The van der Waals surface area contributed by atoms with Crippen molar-refractivity contribution in [1.29, 1.82) is 0 Å². The third-order valence-electron chi connectivity index (χ3n) is 1.92. The molecule has 0 spiro atoms. The van der Waals surface area contributed by atoms with E-state index in [9.17, 15) is 8.78 Å². The molecule has 14 heavy (non-hydrogen) atoms.